The Morgan fingerprint density at radius 2 is 1.81 bits per heavy atom. The molecule has 7 nitrogen and oxygen atoms in total. The highest BCUT2D eigenvalue weighted by Crippen LogP contribution is 2.40. The molecule has 2 aromatic carbocycles. The van der Waals surface area contributed by atoms with Gasteiger partial charge in [-0.3, -0.25) is 14.5 Å². The number of fused-ring (bicyclic) bond motifs is 2. The fourth-order valence-electron chi connectivity index (χ4n) is 4.04. The largest absolute Gasteiger partial charge is 0.465 e. The second-order valence-electron chi connectivity index (χ2n) is 7.55. The second kappa shape index (κ2) is 7.46. The van der Waals surface area contributed by atoms with Crippen molar-refractivity contribution in [2.75, 3.05) is 12.0 Å². The van der Waals surface area contributed by atoms with Gasteiger partial charge in [0.25, 0.3) is 5.91 Å². The Labute approximate surface area is 182 Å². The quantitative estimate of drug-likeness (QED) is 0.460. The van der Waals surface area contributed by atoms with Crippen LogP contribution in [0.2, 0.25) is 0 Å². The maximum Gasteiger partial charge on any atom is 0.337 e. The van der Waals surface area contributed by atoms with Crippen LogP contribution in [0.5, 0.6) is 0 Å². The van der Waals surface area contributed by atoms with E-state index in [4.69, 9.17) is 9.15 Å². The number of nitrogens with zero attached hydrogens (tertiary/aromatic N) is 2. The van der Waals surface area contributed by atoms with Crippen molar-refractivity contribution in [2.45, 2.75) is 13.0 Å². The zero-order valence-corrected chi connectivity index (χ0v) is 17.4. The third kappa shape index (κ3) is 2.98. The lowest BCUT2D eigenvalue weighted by Crippen LogP contribution is -2.30. The Kier molecular flexibility index (Phi) is 4.59. The zero-order chi connectivity index (χ0) is 22.4. The van der Waals surface area contributed by atoms with E-state index in [1.165, 1.54) is 12.0 Å². The highest BCUT2D eigenvalue weighted by Gasteiger charge is 2.44. The van der Waals surface area contributed by atoms with E-state index in [9.17, 15) is 14.4 Å². The van der Waals surface area contributed by atoms with Crippen molar-refractivity contribution in [1.82, 2.24) is 4.98 Å². The molecule has 0 aliphatic carbocycles. The number of pyridine rings is 1. The second-order valence-corrected chi connectivity index (χ2v) is 7.55. The van der Waals surface area contributed by atoms with Crippen LogP contribution in [0.4, 0.5) is 5.82 Å². The summed E-state index contributed by atoms with van der Waals surface area (Å²) < 4.78 is 10.7. The molecule has 0 saturated carbocycles. The number of benzene rings is 2. The number of para-hydroxylation sites is 1. The topological polar surface area (TPSA) is 89.7 Å². The number of methoxy groups -OCH3 is 1. The summed E-state index contributed by atoms with van der Waals surface area (Å²) in [6.45, 7) is 1.90. The molecule has 1 atom stereocenters. The smallest absolute Gasteiger partial charge is 0.337 e. The average Bonchev–Trinajstić information content (AvgIpc) is 3.11. The highest BCUT2D eigenvalue weighted by molar-refractivity contribution is 6.10. The predicted octanol–water partition coefficient (Wildman–Crippen LogP) is 4.03. The van der Waals surface area contributed by atoms with Crippen LogP contribution in [-0.4, -0.2) is 24.0 Å². The standard InChI is InChI=1S/C25H18N2O5/c1-14-11-12-26-19(13-14)27-21(15-7-9-16(10-8-15)25(30)31-2)20-22(28)17-5-3-4-6-18(17)32-23(20)24(27)29/h3-13,21H,1-2H3/t21-/m0/s1. The number of aryl methyl sites for hydroxylation is 1. The summed E-state index contributed by atoms with van der Waals surface area (Å²) in [5, 5.41) is 0.397. The Bertz CT molecular complexity index is 1440. The van der Waals surface area contributed by atoms with Gasteiger partial charge < -0.3 is 9.15 Å². The maximum absolute atomic E-state index is 13.5. The molecule has 0 N–H and O–H groups in total. The van der Waals surface area contributed by atoms with Crippen LogP contribution in [0.3, 0.4) is 0 Å². The van der Waals surface area contributed by atoms with Gasteiger partial charge in [0, 0.05) is 6.20 Å². The number of hydrogen-bond acceptors (Lipinski definition) is 6. The SMILES string of the molecule is COC(=O)c1ccc([C@H]2c3c(oc4ccccc4c3=O)C(=O)N2c2cc(C)ccn2)cc1. The van der Waals surface area contributed by atoms with Crippen LogP contribution in [0.1, 0.15) is 43.6 Å². The molecule has 1 amide bonds. The van der Waals surface area contributed by atoms with Gasteiger partial charge in [0.15, 0.2) is 5.43 Å². The van der Waals surface area contributed by atoms with Crippen LogP contribution in [0.25, 0.3) is 11.0 Å². The number of anilines is 1. The molecule has 1 aliphatic rings. The van der Waals surface area contributed by atoms with Crippen LogP contribution < -0.4 is 10.3 Å². The molecule has 3 heterocycles. The van der Waals surface area contributed by atoms with E-state index < -0.39 is 17.9 Å². The first-order valence-electron chi connectivity index (χ1n) is 10.00. The molecule has 0 saturated heterocycles. The number of ether oxygens (including phenoxy) is 1. The molecule has 1 aliphatic heterocycles. The van der Waals surface area contributed by atoms with Crippen LogP contribution in [-0.2, 0) is 4.74 Å². The molecule has 4 aromatic rings. The Morgan fingerprint density at radius 3 is 2.53 bits per heavy atom. The summed E-state index contributed by atoms with van der Waals surface area (Å²) >= 11 is 0. The van der Waals surface area contributed by atoms with Crippen molar-refractivity contribution in [2.24, 2.45) is 0 Å². The fourth-order valence-corrected chi connectivity index (χ4v) is 4.04. The van der Waals surface area contributed by atoms with E-state index >= 15 is 0 Å². The maximum atomic E-state index is 13.5. The van der Waals surface area contributed by atoms with E-state index in [1.807, 2.05) is 13.0 Å². The number of amides is 1. The summed E-state index contributed by atoms with van der Waals surface area (Å²) in [6, 6.07) is 16.3. The first-order chi connectivity index (χ1) is 15.5. The lowest BCUT2D eigenvalue weighted by atomic mass is 9.97. The molecule has 0 spiro atoms. The molecule has 158 valence electrons. The number of carbonyl (C=O) groups excluding carboxylic acids is 2. The summed E-state index contributed by atoms with van der Waals surface area (Å²) in [5.41, 5.74) is 2.27. The van der Waals surface area contributed by atoms with Crippen LogP contribution in [0.15, 0.2) is 76.1 Å². The Hall–Kier alpha value is -4.26. The van der Waals surface area contributed by atoms with Crippen molar-refractivity contribution in [3.8, 4) is 0 Å². The van der Waals surface area contributed by atoms with Gasteiger partial charge in [-0.05, 0) is 54.4 Å². The van der Waals surface area contributed by atoms with Gasteiger partial charge in [0.1, 0.15) is 11.4 Å². The molecular formula is C25H18N2O5. The zero-order valence-electron chi connectivity index (χ0n) is 17.4. The minimum atomic E-state index is -0.751. The van der Waals surface area contributed by atoms with E-state index in [2.05, 4.69) is 4.98 Å². The summed E-state index contributed by atoms with van der Waals surface area (Å²) in [4.78, 5) is 44.7. The molecule has 2 aromatic heterocycles. The Morgan fingerprint density at radius 1 is 1.06 bits per heavy atom. The van der Waals surface area contributed by atoms with Crippen molar-refractivity contribution in [1.29, 1.82) is 0 Å². The number of esters is 1. The van der Waals surface area contributed by atoms with Gasteiger partial charge in [-0.1, -0.05) is 24.3 Å². The first-order valence-corrected chi connectivity index (χ1v) is 10.00. The van der Waals surface area contributed by atoms with Gasteiger partial charge in [-0.2, -0.15) is 0 Å². The molecule has 7 heteroatoms. The van der Waals surface area contributed by atoms with Crippen LogP contribution in [0, 0.1) is 6.92 Å². The third-order valence-corrected chi connectivity index (χ3v) is 5.57. The normalized spacial score (nSPS) is 15.1. The molecular weight excluding hydrogens is 408 g/mol. The molecule has 5 rings (SSSR count). The predicted molar refractivity (Wildman–Crippen MR) is 118 cm³/mol. The van der Waals surface area contributed by atoms with Crippen LogP contribution >= 0.6 is 0 Å². The van der Waals surface area contributed by atoms with Crippen molar-refractivity contribution < 1.29 is 18.7 Å². The van der Waals surface area contributed by atoms with Gasteiger partial charge in [-0.15, -0.1) is 0 Å². The molecule has 0 bridgehead atoms. The monoisotopic (exact) mass is 426 g/mol. The van der Waals surface area contributed by atoms with Crippen molar-refractivity contribution in [3.05, 3.63) is 105 Å². The lowest BCUT2D eigenvalue weighted by Gasteiger charge is -2.24. The third-order valence-electron chi connectivity index (χ3n) is 5.57. The molecule has 0 radical (unpaired) electrons. The number of rotatable bonds is 3. The summed E-state index contributed by atoms with van der Waals surface area (Å²) in [5.74, 6) is -0.504. The molecule has 32 heavy (non-hydrogen) atoms. The first kappa shape index (κ1) is 19.7. The van der Waals surface area contributed by atoms with Crippen molar-refractivity contribution >= 4 is 28.7 Å². The minimum absolute atomic E-state index is 0.000879. The van der Waals surface area contributed by atoms with Gasteiger partial charge in [0.2, 0.25) is 5.76 Å². The van der Waals surface area contributed by atoms with Gasteiger partial charge in [0.05, 0.1) is 29.7 Å². The number of aromatic nitrogens is 1. The van der Waals surface area contributed by atoms with E-state index in [0.29, 0.717) is 27.9 Å². The van der Waals surface area contributed by atoms with Gasteiger partial charge in [-0.25, -0.2) is 9.78 Å². The van der Waals surface area contributed by atoms with E-state index in [-0.39, 0.29) is 16.8 Å². The summed E-state index contributed by atoms with van der Waals surface area (Å²) in [7, 11) is 1.31. The summed E-state index contributed by atoms with van der Waals surface area (Å²) in [6.07, 6.45) is 1.62. The molecule has 0 unspecified atom stereocenters. The van der Waals surface area contributed by atoms with Crippen molar-refractivity contribution in [3.63, 3.8) is 0 Å². The average molecular weight is 426 g/mol. The lowest BCUT2D eigenvalue weighted by molar-refractivity contribution is 0.0600. The number of carbonyl (C=O) groups is 2. The Balaban J connectivity index is 1.76. The highest BCUT2D eigenvalue weighted by atomic mass is 16.5. The van der Waals surface area contributed by atoms with Gasteiger partial charge >= 0.3 is 5.97 Å². The van der Waals surface area contributed by atoms with E-state index in [0.717, 1.165) is 5.56 Å². The fraction of sp³-hybridized carbons (Fsp3) is 0.120. The van der Waals surface area contributed by atoms with E-state index in [1.54, 1.807) is 60.8 Å². The molecule has 0 fully saturated rings. The minimum Gasteiger partial charge on any atom is -0.465 e. The number of hydrogen-bond donors (Lipinski definition) is 0.